The van der Waals surface area contributed by atoms with Gasteiger partial charge in [-0.2, -0.15) is 4.37 Å². The molecule has 1 aliphatic rings. The van der Waals surface area contributed by atoms with Gasteiger partial charge >= 0.3 is 0 Å². The van der Waals surface area contributed by atoms with E-state index in [1.807, 2.05) is 0 Å². The van der Waals surface area contributed by atoms with Gasteiger partial charge in [-0.15, -0.1) is 0 Å². The van der Waals surface area contributed by atoms with Gasteiger partial charge in [-0.3, -0.25) is 14.4 Å². The molecule has 0 saturated heterocycles. The average molecular weight is 419 g/mol. The van der Waals surface area contributed by atoms with Crippen molar-refractivity contribution >= 4 is 34.9 Å². The lowest BCUT2D eigenvalue weighted by Gasteiger charge is -2.23. The van der Waals surface area contributed by atoms with Crippen molar-refractivity contribution in [3.05, 3.63) is 46.2 Å². The summed E-state index contributed by atoms with van der Waals surface area (Å²) in [5.74, 6) is -2.06. The molecule has 29 heavy (non-hydrogen) atoms. The first-order valence-corrected chi connectivity index (χ1v) is 10.0. The van der Waals surface area contributed by atoms with Crippen molar-refractivity contribution in [2.45, 2.75) is 38.3 Å². The van der Waals surface area contributed by atoms with Gasteiger partial charge in [0.15, 0.2) is 5.69 Å². The van der Waals surface area contributed by atoms with Crippen LogP contribution in [0.5, 0.6) is 0 Å². The Bertz CT molecular complexity index is 909. The van der Waals surface area contributed by atoms with E-state index in [0.29, 0.717) is 5.56 Å². The van der Waals surface area contributed by atoms with Crippen LogP contribution in [-0.4, -0.2) is 39.6 Å². The molecule has 1 heterocycles. The average Bonchev–Trinajstić information content (AvgIpc) is 3.31. The van der Waals surface area contributed by atoms with Gasteiger partial charge in [0.2, 0.25) is 5.91 Å². The molecular weight excluding hydrogens is 397 g/mol. The molecule has 1 fully saturated rings. The van der Waals surface area contributed by atoms with E-state index in [1.165, 1.54) is 29.2 Å². The Hall–Kier alpha value is -3.01. The highest BCUT2D eigenvalue weighted by Gasteiger charge is 2.27. The number of anilines is 1. The molecule has 0 atom stereocenters. The second kappa shape index (κ2) is 8.99. The van der Waals surface area contributed by atoms with E-state index in [9.17, 15) is 18.8 Å². The molecular formula is C19H22FN5O3S. The fourth-order valence-electron chi connectivity index (χ4n) is 3.30. The zero-order chi connectivity index (χ0) is 21.0. The lowest BCUT2D eigenvalue weighted by atomic mass is 10.2. The van der Waals surface area contributed by atoms with Crippen LogP contribution in [0, 0.1) is 5.82 Å². The van der Waals surface area contributed by atoms with Crippen LogP contribution in [0.3, 0.4) is 0 Å². The van der Waals surface area contributed by atoms with Crippen molar-refractivity contribution in [1.82, 2.24) is 14.6 Å². The summed E-state index contributed by atoms with van der Waals surface area (Å²) < 4.78 is 17.0. The number of nitrogens with two attached hydrogens (primary N) is 2. The summed E-state index contributed by atoms with van der Waals surface area (Å²) in [5, 5.41) is 2.94. The van der Waals surface area contributed by atoms with Crippen molar-refractivity contribution < 1.29 is 18.8 Å². The van der Waals surface area contributed by atoms with Gasteiger partial charge in [0, 0.05) is 12.6 Å². The van der Waals surface area contributed by atoms with Crippen LogP contribution < -0.4 is 16.8 Å². The number of rotatable bonds is 7. The van der Waals surface area contributed by atoms with E-state index in [1.54, 1.807) is 0 Å². The zero-order valence-electron chi connectivity index (χ0n) is 15.7. The number of carbonyl (C=O) groups excluding carboxylic acids is 3. The van der Waals surface area contributed by atoms with Gasteiger partial charge in [-0.25, -0.2) is 4.39 Å². The van der Waals surface area contributed by atoms with Gasteiger partial charge in [-0.1, -0.05) is 25.0 Å². The predicted octanol–water partition coefficient (Wildman–Crippen LogP) is 1.66. The van der Waals surface area contributed by atoms with Crippen LogP contribution in [-0.2, 0) is 11.3 Å². The molecule has 1 aromatic carbocycles. The summed E-state index contributed by atoms with van der Waals surface area (Å²) in [6, 6.07) is 5.75. The minimum absolute atomic E-state index is 0.0366. The highest BCUT2D eigenvalue weighted by Crippen LogP contribution is 2.24. The highest BCUT2D eigenvalue weighted by molar-refractivity contribution is 7.09. The van der Waals surface area contributed by atoms with Gasteiger partial charge in [0.1, 0.15) is 17.2 Å². The molecule has 0 radical (unpaired) electrons. The molecule has 154 valence electrons. The number of hydrogen-bond donors (Lipinski definition) is 3. The number of nitrogens with one attached hydrogen (secondary N) is 1. The monoisotopic (exact) mass is 419 g/mol. The highest BCUT2D eigenvalue weighted by atomic mass is 32.1. The van der Waals surface area contributed by atoms with Crippen LogP contribution in [0.2, 0.25) is 0 Å². The first-order chi connectivity index (χ1) is 13.8. The molecule has 0 spiro atoms. The molecule has 0 bridgehead atoms. The number of amides is 3. The smallest absolute Gasteiger partial charge is 0.270 e. The van der Waals surface area contributed by atoms with Crippen LogP contribution in [0.1, 0.15) is 51.4 Å². The summed E-state index contributed by atoms with van der Waals surface area (Å²) in [5.41, 5.74) is 11.5. The van der Waals surface area contributed by atoms with E-state index in [2.05, 4.69) is 9.69 Å². The fourth-order valence-corrected chi connectivity index (χ4v) is 4.07. The Labute approximate surface area is 171 Å². The quantitative estimate of drug-likeness (QED) is 0.628. The molecule has 1 aromatic heterocycles. The number of carbonyl (C=O) groups is 3. The standard InChI is InChI=1S/C19H22FN5O3S/c20-12-7-5-11(6-8-12)9-25(10-14(26)23-13-3-1-2-4-13)19(28)17-15(21)16(18(22)27)24-29-17/h5-8,13H,1-4,9-10,21H2,(H2,22,27)(H,23,26). The van der Waals surface area contributed by atoms with Crippen molar-refractivity contribution in [2.24, 2.45) is 5.73 Å². The van der Waals surface area contributed by atoms with Crippen molar-refractivity contribution in [3.8, 4) is 0 Å². The molecule has 8 nitrogen and oxygen atoms in total. The van der Waals surface area contributed by atoms with Crippen LogP contribution in [0.15, 0.2) is 24.3 Å². The molecule has 1 saturated carbocycles. The summed E-state index contributed by atoms with van der Waals surface area (Å²) in [7, 11) is 0. The van der Waals surface area contributed by atoms with E-state index >= 15 is 0 Å². The molecule has 0 unspecified atom stereocenters. The van der Waals surface area contributed by atoms with Gasteiger partial charge in [-0.05, 0) is 42.1 Å². The maximum absolute atomic E-state index is 13.2. The van der Waals surface area contributed by atoms with E-state index in [0.717, 1.165) is 37.2 Å². The SMILES string of the molecule is NC(=O)c1nsc(C(=O)N(CC(=O)NC2CCCC2)Cc2ccc(F)cc2)c1N. The molecule has 0 aliphatic heterocycles. The van der Waals surface area contributed by atoms with Crippen molar-refractivity contribution in [2.75, 3.05) is 12.3 Å². The first kappa shape index (κ1) is 20.7. The Balaban J connectivity index is 1.80. The maximum Gasteiger partial charge on any atom is 0.270 e. The third-order valence-corrected chi connectivity index (χ3v) is 5.64. The number of hydrogen-bond acceptors (Lipinski definition) is 6. The molecule has 1 aliphatic carbocycles. The van der Waals surface area contributed by atoms with Crippen molar-refractivity contribution in [3.63, 3.8) is 0 Å². The molecule has 10 heteroatoms. The largest absolute Gasteiger partial charge is 0.395 e. The second-order valence-electron chi connectivity index (χ2n) is 6.97. The Morgan fingerprint density at radius 1 is 1.21 bits per heavy atom. The Morgan fingerprint density at radius 2 is 1.86 bits per heavy atom. The predicted molar refractivity (Wildman–Crippen MR) is 107 cm³/mol. The van der Waals surface area contributed by atoms with Crippen LogP contribution in [0.25, 0.3) is 0 Å². The topological polar surface area (TPSA) is 131 Å². The number of nitrogen functional groups attached to an aromatic ring is 1. The van der Waals surface area contributed by atoms with E-state index < -0.39 is 17.6 Å². The number of aromatic nitrogens is 1. The van der Waals surface area contributed by atoms with Crippen molar-refractivity contribution in [1.29, 1.82) is 0 Å². The van der Waals surface area contributed by atoms with Crippen LogP contribution in [0.4, 0.5) is 10.1 Å². The molecule has 5 N–H and O–H groups in total. The number of benzene rings is 1. The van der Waals surface area contributed by atoms with Crippen LogP contribution >= 0.6 is 11.5 Å². The summed E-state index contributed by atoms with van der Waals surface area (Å²) in [6.45, 7) is -0.129. The number of primary amides is 1. The fraction of sp³-hybridized carbons (Fsp3) is 0.368. The minimum atomic E-state index is -0.832. The van der Waals surface area contributed by atoms with Gasteiger partial charge < -0.3 is 21.7 Å². The molecule has 3 rings (SSSR count). The normalized spacial score (nSPS) is 14.0. The lowest BCUT2D eigenvalue weighted by molar-refractivity contribution is -0.122. The number of halogens is 1. The number of nitrogens with zero attached hydrogens (tertiary/aromatic N) is 2. The molecule has 2 aromatic rings. The lowest BCUT2D eigenvalue weighted by Crippen LogP contribution is -2.43. The minimum Gasteiger partial charge on any atom is -0.395 e. The zero-order valence-corrected chi connectivity index (χ0v) is 16.5. The molecule has 3 amide bonds. The first-order valence-electron chi connectivity index (χ1n) is 9.23. The third kappa shape index (κ3) is 5.08. The van der Waals surface area contributed by atoms with Gasteiger partial charge in [0.05, 0.1) is 5.69 Å². The van der Waals surface area contributed by atoms with Gasteiger partial charge in [0.25, 0.3) is 11.8 Å². The summed E-state index contributed by atoms with van der Waals surface area (Å²) in [4.78, 5) is 38.3. The summed E-state index contributed by atoms with van der Waals surface area (Å²) >= 11 is 0.755. The van der Waals surface area contributed by atoms with E-state index in [4.69, 9.17) is 11.5 Å². The summed E-state index contributed by atoms with van der Waals surface area (Å²) in [6.07, 6.45) is 3.97. The van der Waals surface area contributed by atoms with E-state index in [-0.39, 0.29) is 41.3 Å². The second-order valence-corrected chi connectivity index (χ2v) is 7.75. The third-order valence-electron chi connectivity index (χ3n) is 4.78. The Morgan fingerprint density at radius 3 is 2.45 bits per heavy atom. The maximum atomic E-state index is 13.2. The Kier molecular flexibility index (Phi) is 6.42.